The molecule has 2 rings (SSSR count). The minimum absolute atomic E-state index is 0.0164. The number of hydrogen-bond donors (Lipinski definition) is 1. The van der Waals surface area contributed by atoms with E-state index in [2.05, 4.69) is 0 Å². The Labute approximate surface area is 151 Å². The summed E-state index contributed by atoms with van der Waals surface area (Å²) in [5, 5.41) is 4.99. The van der Waals surface area contributed by atoms with Gasteiger partial charge in [-0.3, -0.25) is 0 Å². The lowest BCUT2D eigenvalue weighted by Crippen LogP contribution is -2.15. The molecule has 0 aliphatic heterocycles. The van der Waals surface area contributed by atoms with Gasteiger partial charge in [-0.2, -0.15) is 0 Å². The van der Waals surface area contributed by atoms with Crippen LogP contribution in [0.4, 0.5) is 0 Å². The number of hydrogen-bond acceptors (Lipinski definition) is 5. The third-order valence-corrected chi connectivity index (χ3v) is 4.76. The van der Waals surface area contributed by atoms with Gasteiger partial charge in [0.2, 0.25) is 10.0 Å². The van der Waals surface area contributed by atoms with Crippen LogP contribution in [0.2, 0.25) is 5.02 Å². The molecule has 8 heteroatoms. The lowest BCUT2D eigenvalue weighted by atomic mass is 10.2. The number of aryl methyl sites for hydroxylation is 1. The van der Waals surface area contributed by atoms with Crippen molar-refractivity contribution in [3.8, 4) is 5.75 Å². The summed E-state index contributed by atoms with van der Waals surface area (Å²) in [6.07, 6.45) is 0.898. The Kier molecular flexibility index (Phi) is 6.41. The lowest BCUT2D eigenvalue weighted by Gasteiger charge is -2.09. The number of carbonyl (C=O) groups is 1. The number of carbonyl (C=O) groups excluding carboxylic acids is 1. The number of halogens is 1. The zero-order chi connectivity index (χ0) is 18.4. The lowest BCUT2D eigenvalue weighted by molar-refractivity contribution is 0.0450. The molecule has 0 aromatic heterocycles. The quantitative estimate of drug-likeness (QED) is 0.585. The number of rotatable bonds is 7. The van der Waals surface area contributed by atoms with E-state index in [0.717, 1.165) is 18.1 Å². The van der Waals surface area contributed by atoms with Crippen LogP contribution in [-0.4, -0.2) is 27.6 Å². The average molecular weight is 384 g/mol. The van der Waals surface area contributed by atoms with Gasteiger partial charge in [0.15, 0.2) is 0 Å². The molecule has 2 aromatic carbocycles. The molecule has 0 atom stereocenters. The van der Waals surface area contributed by atoms with Crippen molar-refractivity contribution in [1.29, 1.82) is 0 Å². The minimum atomic E-state index is -4.02. The van der Waals surface area contributed by atoms with Gasteiger partial charge in [-0.25, -0.2) is 18.4 Å². The second-order valence-electron chi connectivity index (χ2n) is 5.18. The van der Waals surface area contributed by atoms with E-state index < -0.39 is 16.0 Å². The summed E-state index contributed by atoms with van der Waals surface area (Å²) in [6.45, 7) is 2.24. The Hall–Kier alpha value is -2.09. The van der Waals surface area contributed by atoms with Gasteiger partial charge < -0.3 is 9.47 Å². The predicted molar refractivity (Wildman–Crippen MR) is 94.4 cm³/mol. The fourth-order valence-corrected chi connectivity index (χ4v) is 3.15. The first-order valence-electron chi connectivity index (χ1n) is 7.52. The highest BCUT2D eigenvalue weighted by molar-refractivity contribution is 7.89. The predicted octanol–water partition coefficient (Wildman–Crippen LogP) is 2.79. The molecule has 0 saturated heterocycles. The van der Waals surface area contributed by atoms with E-state index in [4.69, 9.17) is 26.2 Å². The summed E-state index contributed by atoms with van der Waals surface area (Å²) in [4.78, 5) is 11.7. The van der Waals surface area contributed by atoms with Crippen molar-refractivity contribution in [2.75, 3.05) is 13.2 Å². The summed E-state index contributed by atoms with van der Waals surface area (Å²) < 4.78 is 33.4. The molecule has 2 aromatic rings. The number of sulfonamides is 1. The molecule has 134 valence electrons. The van der Waals surface area contributed by atoms with Crippen molar-refractivity contribution in [2.24, 2.45) is 5.14 Å². The zero-order valence-electron chi connectivity index (χ0n) is 13.6. The molecule has 0 bridgehead atoms. The fourth-order valence-electron chi connectivity index (χ4n) is 2.08. The van der Waals surface area contributed by atoms with Crippen LogP contribution in [0.5, 0.6) is 5.75 Å². The van der Waals surface area contributed by atoms with Crippen LogP contribution >= 0.6 is 11.6 Å². The fraction of sp³-hybridized carbons (Fsp3) is 0.235. The van der Waals surface area contributed by atoms with E-state index >= 15 is 0 Å². The van der Waals surface area contributed by atoms with Crippen LogP contribution in [0.15, 0.2) is 47.4 Å². The first-order chi connectivity index (χ1) is 11.8. The van der Waals surface area contributed by atoms with Crippen molar-refractivity contribution in [1.82, 2.24) is 0 Å². The second kappa shape index (κ2) is 8.33. The van der Waals surface area contributed by atoms with E-state index in [0.29, 0.717) is 5.75 Å². The SMILES string of the molecule is CCc1cccc(OCCOC(=O)c2ccc(Cl)c(S(N)(=O)=O)c2)c1. The Bertz CT molecular complexity index is 867. The largest absolute Gasteiger partial charge is 0.490 e. The molecule has 0 unspecified atom stereocenters. The van der Waals surface area contributed by atoms with Crippen LogP contribution in [-0.2, 0) is 21.2 Å². The van der Waals surface area contributed by atoms with E-state index in [-0.39, 0.29) is 28.7 Å². The summed E-state index contributed by atoms with van der Waals surface area (Å²) in [7, 11) is -4.02. The molecule has 0 aliphatic rings. The van der Waals surface area contributed by atoms with Crippen LogP contribution in [0.3, 0.4) is 0 Å². The number of nitrogens with two attached hydrogens (primary N) is 1. The van der Waals surface area contributed by atoms with Crippen molar-refractivity contribution < 1.29 is 22.7 Å². The van der Waals surface area contributed by atoms with Crippen LogP contribution in [0, 0.1) is 0 Å². The summed E-state index contributed by atoms with van der Waals surface area (Å²) in [6, 6.07) is 11.4. The molecule has 6 nitrogen and oxygen atoms in total. The van der Waals surface area contributed by atoms with Crippen LogP contribution < -0.4 is 9.88 Å². The molecule has 0 radical (unpaired) electrons. The van der Waals surface area contributed by atoms with E-state index in [1.54, 1.807) is 0 Å². The van der Waals surface area contributed by atoms with Crippen LogP contribution in [0.25, 0.3) is 0 Å². The number of primary sulfonamides is 1. The van der Waals surface area contributed by atoms with Crippen LogP contribution in [0.1, 0.15) is 22.8 Å². The Morgan fingerprint density at radius 3 is 2.60 bits per heavy atom. The molecule has 0 aliphatic carbocycles. The first kappa shape index (κ1) is 19.2. The second-order valence-corrected chi connectivity index (χ2v) is 7.11. The van der Waals surface area contributed by atoms with Gasteiger partial charge in [0.05, 0.1) is 10.6 Å². The van der Waals surface area contributed by atoms with E-state index in [1.807, 2.05) is 31.2 Å². The Morgan fingerprint density at radius 2 is 1.92 bits per heavy atom. The van der Waals surface area contributed by atoms with Gasteiger partial charge in [-0.05, 0) is 42.3 Å². The van der Waals surface area contributed by atoms with Crippen molar-refractivity contribution in [2.45, 2.75) is 18.2 Å². The molecule has 0 amide bonds. The van der Waals surface area contributed by atoms with Gasteiger partial charge in [-0.15, -0.1) is 0 Å². The van der Waals surface area contributed by atoms with Crippen molar-refractivity contribution >= 4 is 27.6 Å². The number of benzene rings is 2. The first-order valence-corrected chi connectivity index (χ1v) is 9.45. The Balaban J connectivity index is 1.92. The average Bonchev–Trinajstić information content (AvgIpc) is 2.58. The van der Waals surface area contributed by atoms with Gasteiger partial charge in [0, 0.05) is 0 Å². The molecule has 0 heterocycles. The third kappa shape index (κ3) is 5.45. The van der Waals surface area contributed by atoms with Gasteiger partial charge in [0.25, 0.3) is 0 Å². The molecule has 0 spiro atoms. The number of ether oxygens (including phenoxy) is 2. The van der Waals surface area contributed by atoms with Gasteiger partial charge in [0.1, 0.15) is 23.9 Å². The standard InChI is InChI=1S/C17H18ClNO5S/c1-2-12-4-3-5-14(10-12)23-8-9-24-17(20)13-6-7-15(18)16(11-13)25(19,21)22/h3-7,10-11H,2,8-9H2,1H3,(H2,19,21,22). The Morgan fingerprint density at radius 1 is 1.16 bits per heavy atom. The topological polar surface area (TPSA) is 95.7 Å². The summed E-state index contributed by atoms with van der Waals surface area (Å²) in [5.74, 6) is 0.00544. The smallest absolute Gasteiger partial charge is 0.338 e. The minimum Gasteiger partial charge on any atom is -0.490 e. The maximum atomic E-state index is 12.0. The molecular formula is C17H18ClNO5S. The highest BCUT2D eigenvalue weighted by Gasteiger charge is 2.17. The molecule has 0 saturated carbocycles. The van der Waals surface area contributed by atoms with E-state index in [9.17, 15) is 13.2 Å². The van der Waals surface area contributed by atoms with Crippen molar-refractivity contribution in [3.05, 3.63) is 58.6 Å². The highest BCUT2D eigenvalue weighted by Crippen LogP contribution is 2.22. The third-order valence-electron chi connectivity index (χ3n) is 3.37. The maximum absolute atomic E-state index is 12.0. The van der Waals surface area contributed by atoms with Gasteiger partial charge in [-0.1, -0.05) is 30.7 Å². The molecular weight excluding hydrogens is 366 g/mol. The maximum Gasteiger partial charge on any atom is 0.338 e. The van der Waals surface area contributed by atoms with Gasteiger partial charge >= 0.3 is 5.97 Å². The monoisotopic (exact) mass is 383 g/mol. The van der Waals surface area contributed by atoms with Crippen molar-refractivity contribution in [3.63, 3.8) is 0 Å². The zero-order valence-corrected chi connectivity index (χ0v) is 15.1. The normalized spacial score (nSPS) is 11.2. The molecule has 2 N–H and O–H groups in total. The highest BCUT2D eigenvalue weighted by atomic mass is 35.5. The van der Waals surface area contributed by atoms with E-state index in [1.165, 1.54) is 12.1 Å². The number of esters is 1. The molecule has 25 heavy (non-hydrogen) atoms. The summed E-state index contributed by atoms with van der Waals surface area (Å²) in [5.41, 5.74) is 1.19. The summed E-state index contributed by atoms with van der Waals surface area (Å²) >= 11 is 5.77. The molecule has 0 fully saturated rings.